The molecule has 0 amide bonds. The van der Waals surface area contributed by atoms with Gasteiger partial charge >= 0.3 is 0 Å². The molecule has 1 aliphatic heterocycles. The van der Waals surface area contributed by atoms with E-state index in [1.165, 1.54) is 0 Å². The molecule has 1 aliphatic rings. The van der Waals surface area contributed by atoms with E-state index < -0.39 is 21.4 Å². The molecule has 0 bridgehead atoms. The molecule has 3 rings (SSSR count). The number of aliphatic hydroxyl groups is 1. The largest absolute Gasteiger partial charge is 0.387 e. The summed E-state index contributed by atoms with van der Waals surface area (Å²) in [5, 5.41) is 20.8. The van der Waals surface area contributed by atoms with Crippen molar-refractivity contribution in [3.63, 3.8) is 0 Å². The molecular formula is C15H14N2O3S. The molecule has 0 radical (unpaired) electrons. The number of pyridine rings is 1. The fraction of sp³-hybridized carbons (Fsp3) is 0.333. The van der Waals surface area contributed by atoms with Crippen LogP contribution in [0.2, 0.25) is 0 Å². The minimum absolute atomic E-state index is 0.0489. The molecule has 2 unspecified atom stereocenters. The van der Waals surface area contributed by atoms with Crippen LogP contribution in [0.5, 0.6) is 0 Å². The van der Waals surface area contributed by atoms with Gasteiger partial charge in [0.1, 0.15) is 5.41 Å². The molecule has 1 aromatic heterocycles. The standard InChI is InChI=1S/C15H14N2O3S/c16-9-15(5-7-21(19,20)10-15)14(18)12-3-4-13-11(8-12)2-1-6-17-13/h1-4,6,8,14,18H,5,7,10H2. The van der Waals surface area contributed by atoms with Crippen LogP contribution in [0, 0.1) is 16.7 Å². The van der Waals surface area contributed by atoms with E-state index in [9.17, 15) is 18.8 Å². The van der Waals surface area contributed by atoms with E-state index >= 15 is 0 Å². The number of hydrogen-bond acceptors (Lipinski definition) is 5. The molecule has 0 spiro atoms. The van der Waals surface area contributed by atoms with E-state index in [1.54, 1.807) is 30.5 Å². The zero-order chi connectivity index (χ0) is 15.1. The second-order valence-electron chi connectivity index (χ2n) is 5.47. The van der Waals surface area contributed by atoms with Crippen molar-refractivity contribution in [3.05, 3.63) is 42.1 Å². The van der Waals surface area contributed by atoms with Gasteiger partial charge in [-0.3, -0.25) is 4.98 Å². The number of hydrogen-bond donors (Lipinski definition) is 1. The maximum Gasteiger partial charge on any atom is 0.152 e. The van der Waals surface area contributed by atoms with Gasteiger partial charge in [0.2, 0.25) is 0 Å². The Morgan fingerprint density at radius 3 is 2.86 bits per heavy atom. The van der Waals surface area contributed by atoms with E-state index in [-0.39, 0.29) is 17.9 Å². The van der Waals surface area contributed by atoms with E-state index in [1.807, 2.05) is 12.1 Å². The van der Waals surface area contributed by atoms with Crippen molar-refractivity contribution < 1.29 is 13.5 Å². The molecular weight excluding hydrogens is 288 g/mol. The van der Waals surface area contributed by atoms with Gasteiger partial charge in [-0.1, -0.05) is 12.1 Å². The van der Waals surface area contributed by atoms with Crippen LogP contribution in [-0.2, 0) is 9.84 Å². The molecule has 1 aromatic carbocycles. The molecule has 0 saturated carbocycles. The number of nitriles is 1. The van der Waals surface area contributed by atoms with Gasteiger partial charge in [-0.05, 0) is 30.2 Å². The predicted molar refractivity (Wildman–Crippen MR) is 78.0 cm³/mol. The minimum atomic E-state index is -3.26. The molecule has 1 N–H and O–H groups in total. The van der Waals surface area contributed by atoms with Gasteiger partial charge < -0.3 is 5.11 Å². The first kappa shape index (κ1) is 14.0. The number of nitrogens with zero attached hydrogens (tertiary/aromatic N) is 2. The lowest BCUT2D eigenvalue weighted by Crippen LogP contribution is -2.28. The van der Waals surface area contributed by atoms with Crippen LogP contribution in [0.15, 0.2) is 36.5 Å². The first-order chi connectivity index (χ1) is 9.96. The van der Waals surface area contributed by atoms with Gasteiger partial charge in [0.25, 0.3) is 0 Å². The molecule has 6 heteroatoms. The monoisotopic (exact) mass is 302 g/mol. The first-order valence-electron chi connectivity index (χ1n) is 6.60. The summed E-state index contributed by atoms with van der Waals surface area (Å²) >= 11 is 0. The smallest absolute Gasteiger partial charge is 0.152 e. The van der Waals surface area contributed by atoms with Gasteiger partial charge in [0.15, 0.2) is 9.84 Å². The quantitative estimate of drug-likeness (QED) is 0.909. The molecule has 108 valence electrons. The fourth-order valence-corrected chi connectivity index (χ4v) is 4.79. The highest BCUT2D eigenvalue weighted by Gasteiger charge is 2.48. The van der Waals surface area contributed by atoms with Crippen molar-refractivity contribution in [1.82, 2.24) is 4.98 Å². The highest BCUT2D eigenvalue weighted by molar-refractivity contribution is 7.91. The van der Waals surface area contributed by atoms with Crippen LogP contribution in [0.1, 0.15) is 18.1 Å². The van der Waals surface area contributed by atoms with Crippen molar-refractivity contribution in [2.24, 2.45) is 5.41 Å². The predicted octanol–water partition coefficient (Wildman–Crippen LogP) is 1.60. The van der Waals surface area contributed by atoms with Crippen molar-refractivity contribution >= 4 is 20.7 Å². The average Bonchev–Trinajstić information content (AvgIpc) is 2.82. The van der Waals surface area contributed by atoms with E-state index in [0.717, 1.165) is 10.9 Å². The Bertz CT molecular complexity index is 841. The van der Waals surface area contributed by atoms with E-state index in [0.29, 0.717) is 5.56 Å². The lowest BCUT2D eigenvalue weighted by Gasteiger charge is -2.26. The molecule has 2 heterocycles. The summed E-state index contributed by atoms with van der Waals surface area (Å²) in [4.78, 5) is 4.20. The third-order valence-corrected chi connectivity index (χ3v) is 5.81. The number of aromatic nitrogens is 1. The van der Waals surface area contributed by atoms with Crippen LogP contribution < -0.4 is 0 Å². The third kappa shape index (κ3) is 2.39. The molecule has 0 aliphatic carbocycles. The van der Waals surface area contributed by atoms with Gasteiger partial charge in [-0.2, -0.15) is 5.26 Å². The zero-order valence-electron chi connectivity index (χ0n) is 11.2. The highest BCUT2D eigenvalue weighted by Crippen LogP contribution is 2.43. The van der Waals surface area contributed by atoms with Gasteiger partial charge in [0.05, 0.1) is 29.2 Å². The van der Waals surface area contributed by atoms with Crippen molar-refractivity contribution in [2.45, 2.75) is 12.5 Å². The zero-order valence-corrected chi connectivity index (χ0v) is 12.0. The molecule has 1 saturated heterocycles. The lowest BCUT2D eigenvalue weighted by atomic mass is 9.79. The summed E-state index contributed by atoms with van der Waals surface area (Å²) < 4.78 is 23.4. The molecule has 2 aromatic rings. The van der Waals surface area contributed by atoms with Crippen molar-refractivity contribution in [3.8, 4) is 6.07 Å². The summed E-state index contributed by atoms with van der Waals surface area (Å²) in [6.45, 7) is 0. The molecule has 5 nitrogen and oxygen atoms in total. The Hall–Kier alpha value is -1.97. The molecule has 1 fully saturated rings. The maximum atomic E-state index is 11.7. The first-order valence-corrected chi connectivity index (χ1v) is 8.42. The van der Waals surface area contributed by atoms with Gasteiger partial charge in [0, 0.05) is 11.6 Å². The van der Waals surface area contributed by atoms with Crippen LogP contribution in [-0.4, -0.2) is 30.0 Å². The maximum absolute atomic E-state index is 11.7. The third-order valence-electron chi connectivity index (χ3n) is 4.03. The van der Waals surface area contributed by atoms with Gasteiger partial charge in [-0.25, -0.2) is 8.42 Å². The Morgan fingerprint density at radius 1 is 1.38 bits per heavy atom. The van der Waals surface area contributed by atoms with Crippen molar-refractivity contribution in [2.75, 3.05) is 11.5 Å². The normalized spacial score (nSPS) is 25.5. The van der Waals surface area contributed by atoms with E-state index in [2.05, 4.69) is 4.98 Å². The topological polar surface area (TPSA) is 91.0 Å². The molecule has 21 heavy (non-hydrogen) atoms. The minimum Gasteiger partial charge on any atom is -0.387 e. The Balaban J connectivity index is 2.03. The summed E-state index contributed by atoms with van der Waals surface area (Å²) in [7, 11) is -3.26. The van der Waals surface area contributed by atoms with Gasteiger partial charge in [-0.15, -0.1) is 0 Å². The fourth-order valence-electron chi connectivity index (χ4n) is 2.82. The Kier molecular flexibility index (Phi) is 3.19. The SMILES string of the molecule is N#CC1(C(O)c2ccc3ncccc3c2)CCS(=O)(=O)C1. The summed E-state index contributed by atoms with van der Waals surface area (Å²) in [5.41, 5.74) is 0.0852. The number of fused-ring (bicyclic) bond motifs is 1. The van der Waals surface area contributed by atoms with E-state index in [4.69, 9.17) is 0 Å². The van der Waals surface area contributed by atoms with Crippen LogP contribution in [0.3, 0.4) is 0 Å². The average molecular weight is 302 g/mol. The second kappa shape index (κ2) is 4.79. The van der Waals surface area contributed by atoms with Crippen LogP contribution in [0.4, 0.5) is 0 Å². The summed E-state index contributed by atoms with van der Waals surface area (Å²) in [5.74, 6) is -0.338. The number of aliphatic hydroxyl groups excluding tert-OH is 1. The summed E-state index contributed by atoms with van der Waals surface area (Å²) in [6, 6.07) is 10.9. The lowest BCUT2D eigenvalue weighted by molar-refractivity contribution is 0.0794. The van der Waals surface area contributed by atoms with Crippen LogP contribution in [0.25, 0.3) is 10.9 Å². The second-order valence-corrected chi connectivity index (χ2v) is 7.65. The number of rotatable bonds is 2. The Labute approximate surface area is 122 Å². The Morgan fingerprint density at radius 2 is 2.19 bits per heavy atom. The number of sulfone groups is 1. The highest BCUT2D eigenvalue weighted by atomic mass is 32.2. The summed E-state index contributed by atoms with van der Waals surface area (Å²) in [6.07, 6.45) is 0.723. The molecule has 2 atom stereocenters. The van der Waals surface area contributed by atoms with Crippen LogP contribution >= 0.6 is 0 Å². The van der Waals surface area contributed by atoms with Crippen molar-refractivity contribution in [1.29, 1.82) is 5.26 Å². The number of benzene rings is 1.